The van der Waals surface area contributed by atoms with Crippen LogP contribution in [0.25, 0.3) is 11.2 Å². The fourth-order valence-electron chi connectivity index (χ4n) is 3.28. The van der Waals surface area contributed by atoms with E-state index in [2.05, 4.69) is 40.5 Å². The van der Waals surface area contributed by atoms with Crippen LogP contribution in [-0.4, -0.2) is 57.1 Å². The summed E-state index contributed by atoms with van der Waals surface area (Å²) in [5.41, 5.74) is -2.70. The van der Waals surface area contributed by atoms with E-state index in [1.54, 1.807) is 0 Å². The Morgan fingerprint density at radius 2 is 1.36 bits per heavy atom. The van der Waals surface area contributed by atoms with Gasteiger partial charge in [0, 0.05) is 6.42 Å². The molecule has 0 fully saturated rings. The second-order valence-corrected chi connectivity index (χ2v) is 7.29. The lowest BCUT2D eigenvalue weighted by molar-refractivity contribution is -0.281. The van der Waals surface area contributed by atoms with Gasteiger partial charge in [-0.1, -0.05) is 0 Å². The van der Waals surface area contributed by atoms with Crippen molar-refractivity contribution in [2.45, 2.75) is 19.1 Å². The number of aromatic nitrogens is 8. The Morgan fingerprint density at radius 1 is 0.750 bits per heavy atom. The predicted octanol–water partition coefficient (Wildman–Crippen LogP) is -4.97. The fourth-order valence-corrected chi connectivity index (χ4v) is 3.28. The monoisotopic (exact) mass is 504 g/mol. The molecule has 2 aliphatic rings. The van der Waals surface area contributed by atoms with Crippen LogP contribution in [0.5, 0.6) is 6.01 Å². The van der Waals surface area contributed by atoms with Crippen molar-refractivity contribution in [3.05, 3.63) is 73.6 Å². The quantitative estimate of drug-likeness (QED) is 0.108. The first-order valence-corrected chi connectivity index (χ1v) is 9.85. The van der Waals surface area contributed by atoms with Gasteiger partial charge < -0.3 is 25.8 Å². The highest BCUT2D eigenvalue weighted by atomic mass is 16.3. The van der Waals surface area contributed by atoms with Crippen LogP contribution >= 0.6 is 0 Å². The summed E-state index contributed by atoms with van der Waals surface area (Å²) >= 11 is 0. The highest BCUT2D eigenvalue weighted by Gasteiger charge is 2.22. The summed E-state index contributed by atoms with van der Waals surface area (Å²) in [5, 5.41) is 24.6. The van der Waals surface area contributed by atoms with Gasteiger partial charge in [-0.25, -0.2) is 19.4 Å². The molecule has 2 aliphatic heterocycles. The SMILES string of the molecule is O=C1Cc2c([nH]c(=O)[nH]c2=O)N1.O=c1[nH]c2c(c(=O)[nH]1)CC(O)N2.O=c1[nH]c2nc([O-])[nH]c(=O)c2[nH]1.[H+]. The lowest BCUT2D eigenvalue weighted by Gasteiger charge is -1.99. The molecule has 10 N–H and O–H groups in total. The molecule has 36 heavy (non-hydrogen) atoms. The van der Waals surface area contributed by atoms with Crippen molar-refractivity contribution in [3.8, 4) is 6.01 Å². The van der Waals surface area contributed by atoms with Crippen LogP contribution in [0.1, 0.15) is 12.6 Å². The second-order valence-electron chi connectivity index (χ2n) is 7.29. The largest absolute Gasteiger partial charge is 1.00 e. The minimum absolute atomic E-state index is 0. The third-order valence-electron chi connectivity index (χ3n) is 4.76. The molecule has 0 aromatic carbocycles. The minimum atomic E-state index is -0.779. The summed E-state index contributed by atoms with van der Waals surface area (Å²) in [5.74, 6) is 0.252. The van der Waals surface area contributed by atoms with E-state index in [9.17, 15) is 38.7 Å². The standard InChI is InChI=1S/C6H7N3O3.C6H5N3O3.C5H4N4O3/c2*10-3-1-2-4(7-3)8-6(12)9-5(2)11;10-3-1-2(7-4(11)6-1)8-5(12)9-3/h3,10H,1H2,(H3,7,8,9,11,12);1H2,(H3,7,8,9,10,11,12);(H4,6,7,8,9,10,11,12). The number of imidazole rings is 1. The van der Waals surface area contributed by atoms with Crippen molar-refractivity contribution in [2.75, 3.05) is 10.6 Å². The Kier molecular flexibility index (Phi) is 5.96. The highest BCUT2D eigenvalue weighted by Crippen LogP contribution is 2.15. The van der Waals surface area contributed by atoms with E-state index < -0.39 is 46.0 Å². The molecule has 1 unspecified atom stereocenters. The van der Waals surface area contributed by atoms with Gasteiger partial charge in [-0.3, -0.25) is 49.1 Å². The summed E-state index contributed by atoms with van der Waals surface area (Å²) in [6.07, 6.45) is -0.526. The van der Waals surface area contributed by atoms with Crippen LogP contribution in [0.15, 0.2) is 28.8 Å². The van der Waals surface area contributed by atoms with E-state index in [-0.39, 0.29) is 37.2 Å². The molecule has 0 bridgehead atoms. The zero-order valence-electron chi connectivity index (χ0n) is 18.7. The first-order valence-electron chi connectivity index (χ1n) is 9.85. The van der Waals surface area contributed by atoms with Crippen molar-refractivity contribution in [1.29, 1.82) is 0 Å². The van der Waals surface area contributed by atoms with Gasteiger partial charge in [-0.2, -0.15) is 0 Å². The van der Waals surface area contributed by atoms with Gasteiger partial charge in [0.05, 0.1) is 23.6 Å². The molecule has 1 amide bonds. The average molecular weight is 504 g/mol. The number of carbonyl (C=O) groups excluding carboxylic acids is 1. The van der Waals surface area contributed by atoms with Crippen LogP contribution in [0.2, 0.25) is 0 Å². The lowest BCUT2D eigenvalue weighted by Crippen LogP contribution is -2.24. The molecule has 19 heteroatoms. The summed E-state index contributed by atoms with van der Waals surface area (Å²) in [7, 11) is 0. The van der Waals surface area contributed by atoms with Crippen LogP contribution in [0.3, 0.4) is 0 Å². The molecule has 0 saturated carbocycles. The number of nitrogens with one attached hydrogen (secondary N) is 9. The van der Waals surface area contributed by atoms with E-state index in [0.717, 1.165) is 0 Å². The topological polar surface area (TPSA) is 310 Å². The maximum absolute atomic E-state index is 11.1. The molecular weight excluding hydrogens is 488 g/mol. The summed E-state index contributed by atoms with van der Waals surface area (Å²) in [6, 6.07) is -0.775. The molecule has 0 saturated heterocycles. The Labute approximate surface area is 195 Å². The van der Waals surface area contributed by atoms with Crippen LogP contribution < -0.4 is 49.5 Å². The number of hydrogen-bond acceptors (Lipinski definition) is 11. The van der Waals surface area contributed by atoms with Gasteiger partial charge in [-0.15, -0.1) is 0 Å². The number of fused-ring (bicyclic) bond motifs is 3. The highest BCUT2D eigenvalue weighted by molar-refractivity contribution is 5.97. The zero-order chi connectivity index (χ0) is 26.1. The van der Waals surface area contributed by atoms with E-state index in [4.69, 9.17) is 5.11 Å². The van der Waals surface area contributed by atoms with Crippen molar-refractivity contribution in [1.82, 2.24) is 39.9 Å². The maximum atomic E-state index is 11.1. The molecule has 4 aromatic heterocycles. The van der Waals surface area contributed by atoms with Gasteiger partial charge in [-0.05, 0) is 0 Å². The molecule has 0 aliphatic carbocycles. The molecule has 19 nitrogen and oxygen atoms in total. The van der Waals surface area contributed by atoms with E-state index in [1.165, 1.54) is 0 Å². The molecule has 188 valence electrons. The summed E-state index contributed by atoms with van der Waals surface area (Å²) < 4.78 is 0. The molecule has 6 rings (SSSR count). The Morgan fingerprint density at radius 3 is 2.06 bits per heavy atom. The number of rotatable bonds is 0. The molecule has 4 aromatic rings. The van der Waals surface area contributed by atoms with Crippen LogP contribution in [-0.2, 0) is 17.6 Å². The van der Waals surface area contributed by atoms with E-state index >= 15 is 0 Å². The number of H-pyrrole nitrogens is 7. The molecule has 6 heterocycles. The van der Waals surface area contributed by atoms with Crippen molar-refractivity contribution in [3.63, 3.8) is 0 Å². The maximum Gasteiger partial charge on any atom is 1.00 e. The number of aliphatic hydroxyl groups is 1. The zero-order valence-corrected chi connectivity index (χ0v) is 17.7. The Balaban J connectivity index is 0.000000152. The van der Waals surface area contributed by atoms with Gasteiger partial charge in [0.2, 0.25) is 5.91 Å². The Bertz CT molecular complexity index is 1840. The van der Waals surface area contributed by atoms with E-state index in [0.29, 0.717) is 16.9 Å². The molecular formula is C17H16N10O9. The molecule has 0 spiro atoms. The predicted molar refractivity (Wildman–Crippen MR) is 119 cm³/mol. The smallest absolute Gasteiger partial charge is 0.846 e. The van der Waals surface area contributed by atoms with Crippen molar-refractivity contribution >= 4 is 28.7 Å². The van der Waals surface area contributed by atoms with Gasteiger partial charge in [0.25, 0.3) is 16.7 Å². The number of amides is 1. The third kappa shape index (κ3) is 4.89. The molecule has 0 radical (unpaired) electrons. The fraction of sp³-hybridized carbons (Fsp3) is 0.176. The normalized spacial score (nSPS) is 15.0. The number of aromatic amines is 7. The number of nitrogens with zero attached hydrogens (tertiary/aromatic N) is 1. The van der Waals surface area contributed by atoms with E-state index in [1.807, 2.05) is 9.97 Å². The van der Waals surface area contributed by atoms with Crippen molar-refractivity contribution < 1.29 is 16.4 Å². The van der Waals surface area contributed by atoms with Gasteiger partial charge in [0.1, 0.15) is 17.9 Å². The van der Waals surface area contributed by atoms with Gasteiger partial charge >= 0.3 is 18.5 Å². The van der Waals surface area contributed by atoms with Crippen LogP contribution in [0, 0.1) is 0 Å². The number of anilines is 2. The average Bonchev–Trinajstić information content (AvgIpc) is 3.44. The lowest BCUT2D eigenvalue weighted by atomic mass is 10.2. The second kappa shape index (κ2) is 9.06. The van der Waals surface area contributed by atoms with Crippen LogP contribution in [0.4, 0.5) is 11.6 Å². The Hall–Kier alpha value is -5.46. The number of aliphatic hydroxyl groups excluding tert-OH is 1. The number of carbonyl (C=O) groups is 1. The minimum Gasteiger partial charge on any atom is -0.846 e. The summed E-state index contributed by atoms with van der Waals surface area (Å²) in [6.45, 7) is 0. The van der Waals surface area contributed by atoms with Crippen molar-refractivity contribution in [2.24, 2.45) is 0 Å². The number of hydrogen-bond donors (Lipinski definition) is 10. The summed E-state index contributed by atoms with van der Waals surface area (Å²) in [4.78, 5) is 94.3. The first-order chi connectivity index (χ1) is 17.0. The third-order valence-corrected chi connectivity index (χ3v) is 4.76. The van der Waals surface area contributed by atoms with Gasteiger partial charge in [0.15, 0.2) is 11.2 Å². The first kappa shape index (κ1) is 23.7. The molecule has 1 atom stereocenters.